The Balaban J connectivity index is 1.87. The highest BCUT2D eigenvalue weighted by Gasteiger charge is 2.26. The number of rotatable bonds is 6. The van der Waals surface area contributed by atoms with E-state index in [4.69, 9.17) is 0 Å². The van der Waals surface area contributed by atoms with Crippen molar-refractivity contribution in [3.05, 3.63) is 30.1 Å². The Morgan fingerprint density at radius 2 is 1.87 bits per heavy atom. The first-order chi connectivity index (χ1) is 10.9. The molecule has 6 nitrogen and oxygen atoms in total. The number of aliphatic hydroxyl groups is 1. The molecule has 23 heavy (non-hydrogen) atoms. The third-order valence-electron chi connectivity index (χ3n) is 3.94. The number of amides is 1. The summed E-state index contributed by atoms with van der Waals surface area (Å²) in [5, 5.41) is 21.3. The fraction of sp³-hybridized carbons (Fsp3) is 0.500. The molecule has 1 saturated heterocycles. The summed E-state index contributed by atoms with van der Waals surface area (Å²) in [6.07, 6.45) is 0.768. The summed E-state index contributed by atoms with van der Waals surface area (Å²) in [6, 6.07) is 5.30. The molecule has 126 valence electrons. The Morgan fingerprint density at radius 1 is 1.26 bits per heavy atom. The molecular formula is C16H21FN2O4. The molecule has 0 aromatic heterocycles. The number of aliphatic carboxylic acids is 1. The van der Waals surface area contributed by atoms with E-state index in [-0.39, 0.29) is 19.1 Å². The average Bonchev–Trinajstić information content (AvgIpc) is 2.51. The molecule has 1 amide bonds. The van der Waals surface area contributed by atoms with E-state index < -0.39 is 23.6 Å². The average molecular weight is 324 g/mol. The summed E-state index contributed by atoms with van der Waals surface area (Å²) in [5.41, 5.74) is 0.432. The van der Waals surface area contributed by atoms with Crippen LogP contribution in [-0.2, 0) is 9.59 Å². The second-order valence-electron chi connectivity index (χ2n) is 5.83. The third kappa shape index (κ3) is 5.61. The highest BCUT2D eigenvalue weighted by Crippen LogP contribution is 2.15. The minimum absolute atomic E-state index is 0.147. The number of hydrogen-bond donors (Lipinski definition) is 3. The summed E-state index contributed by atoms with van der Waals surface area (Å²) in [4.78, 5) is 25.3. The number of hydrogen-bond acceptors (Lipinski definition) is 4. The molecule has 1 atom stereocenters. The van der Waals surface area contributed by atoms with Crippen LogP contribution in [0.5, 0.6) is 0 Å². The van der Waals surface area contributed by atoms with E-state index >= 15 is 0 Å². The zero-order valence-corrected chi connectivity index (χ0v) is 12.7. The second kappa shape index (κ2) is 8.03. The zero-order valence-electron chi connectivity index (χ0n) is 12.7. The molecule has 1 fully saturated rings. The van der Waals surface area contributed by atoms with Crippen LogP contribution in [0, 0.1) is 11.7 Å². The summed E-state index contributed by atoms with van der Waals surface area (Å²) in [6.45, 7) is 1.54. The molecule has 7 heteroatoms. The minimum atomic E-state index is -1.02. The number of nitrogens with one attached hydrogen (secondary N) is 1. The van der Waals surface area contributed by atoms with Crippen molar-refractivity contribution in [3.8, 4) is 0 Å². The van der Waals surface area contributed by atoms with Crippen LogP contribution in [0.4, 0.5) is 10.1 Å². The topological polar surface area (TPSA) is 89.9 Å². The van der Waals surface area contributed by atoms with Gasteiger partial charge in [0, 0.05) is 31.7 Å². The molecule has 1 aliphatic heterocycles. The lowest BCUT2D eigenvalue weighted by atomic mass is 10.0. The third-order valence-corrected chi connectivity index (χ3v) is 3.94. The molecule has 0 radical (unpaired) electrons. The number of carbonyl (C=O) groups is 2. The second-order valence-corrected chi connectivity index (χ2v) is 5.83. The summed E-state index contributed by atoms with van der Waals surface area (Å²) < 4.78 is 12.8. The first-order valence-electron chi connectivity index (χ1n) is 7.62. The number of piperidine rings is 1. The van der Waals surface area contributed by atoms with Crippen LogP contribution in [0.1, 0.15) is 19.3 Å². The maximum Gasteiger partial charge on any atom is 0.308 e. The van der Waals surface area contributed by atoms with E-state index in [0.717, 1.165) is 0 Å². The maximum absolute atomic E-state index is 12.8. The number of carbonyl (C=O) groups excluding carboxylic acids is 1. The van der Waals surface area contributed by atoms with Gasteiger partial charge in [-0.15, -0.1) is 0 Å². The largest absolute Gasteiger partial charge is 0.481 e. The Bertz CT molecular complexity index is 542. The molecule has 0 bridgehead atoms. The summed E-state index contributed by atoms with van der Waals surface area (Å²) in [7, 11) is 0. The van der Waals surface area contributed by atoms with Crippen molar-refractivity contribution in [2.45, 2.75) is 25.4 Å². The Hall–Kier alpha value is -1.99. The predicted molar refractivity (Wildman–Crippen MR) is 82.5 cm³/mol. The SMILES string of the molecule is O=C(C[C@H](CN1CCC(O)CC1)C(=O)O)Nc1ccc(F)cc1. The van der Waals surface area contributed by atoms with Gasteiger partial charge in [0.1, 0.15) is 5.82 Å². The molecule has 0 saturated carbocycles. The van der Waals surface area contributed by atoms with E-state index in [1.165, 1.54) is 24.3 Å². The molecular weight excluding hydrogens is 303 g/mol. The first kappa shape index (κ1) is 17.4. The molecule has 1 heterocycles. The van der Waals surface area contributed by atoms with Crippen molar-refractivity contribution >= 4 is 17.6 Å². The predicted octanol–water partition coefficient (Wildman–Crippen LogP) is 1.31. The van der Waals surface area contributed by atoms with Gasteiger partial charge in [0.15, 0.2) is 0 Å². The number of halogens is 1. The molecule has 3 N–H and O–H groups in total. The van der Waals surface area contributed by atoms with E-state index in [0.29, 0.717) is 31.6 Å². The maximum atomic E-state index is 12.8. The van der Waals surface area contributed by atoms with Gasteiger partial charge >= 0.3 is 5.97 Å². The van der Waals surface area contributed by atoms with Crippen LogP contribution in [0.15, 0.2) is 24.3 Å². The van der Waals surface area contributed by atoms with Gasteiger partial charge in [-0.2, -0.15) is 0 Å². The lowest BCUT2D eigenvalue weighted by Crippen LogP contribution is -2.41. The number of carboxylic acid groups (broad SMARTS) is 1. The van der Waals surface area contributed by atoms with Crippen LogP contribution in [0.2, 0.25) is 0 Å². The van der Waals surface area contributed by atoms with Crippen molar-refractivity contribution < 1.29 is 24.2 Å². The van der Waals surface area contributed by atoms with Crippen molar-refractivity contribution in [1.82, 2.24) is 4.90 Å². The normalized spacial score (nSPS) is 17.7. The van der Waals surface area contributed by atoms with Gasteiger partial charge in [-0.05, 0) is 37.1 Å². The molecule has 0 aliphatic carbocycles. The molecule has 1 aromatic carbocycles. The fourth-order valence-corrected chi connectivity index (χ4v) is 2.61. The van der Waals surface area contributed by atoms with Gasteiger partial charge in [0.25, 0.3) is 0 Å². The molecule has 0 unspecified atom stereocenters. The van der Waals surface area contributed by atoms with Crippen molar-refractivity contribution in [2.24, 2.45) is 5.92 Å². The standard InChI is InChI=1S/C16H21FN2O4/c17-12-1-3-13(4-2-12)18-15(21)9-11(16(22)23)10-19-7-5-14(20)6-8-19/h1-4,11,14,20H,5-10H2,(H,18,21)(H,22,23)/t11-/m1/s1. The number of nitrogens with zero attached hydrogens (tertiary/aromatic N) is 1. The number of anilines is 1. The van der Waals surface area contributed by atoms with Crippen LogP contribution < -0.4 is 5.32 Å². The number of likely N-dealkylation sites (tertiary alicyclic amines) is 1. The lowest BCUT2D eigenvalue weighted by Gasteiger charge is -2.31. The Kier molecular flexibility index (Phi) is 6.06. The molecule has 0 spiro atoms. The Morgan fingerprint density at radius 3 is 2.43 bits per heavy atom. The molecule has 1 aromatic rings. The van der Waals surface area contributed by atoms with Gasteiger partial charge in [0.05, 0.1) is 12.0 Å². The number of benzene rings is 1. The summed E-state index contributed by atoms with van der Waals surface area (Å²) in [5.74, 6) is -2.66. The number of carboxylic acids is 1. The van der Waals surface area contributed by atoms with Crippen LogP contribution in [-0.4, -0.2) is 52.7 Å². The monoisotopic (exact) mass is 324 g/mol. The van der Waals surface area contributed by atoms with E-state index in [1.54, 1.807) is 0 Å². The lowest BCUT2D eigenvalue weighted by molar-refractivity contribution is -0.144. The van der Waals surface area contributed by atoms with Gasteiger partial charge in [-0.1, -0.05) is 0 Å². The fourth-order valence-electron chi connectivity index (χ4n) is 2.61. The van der Waals surface area contributed by atoms with Gasteiger partial charge < -0.3 is 20.4 Å². The minimum Gasteiger partial charge on any atom is -0.481 e. The van der Waals surface area contributed by atoms with E-state index in [9.17, 15) is 24.2 Å². The van der Waals surface area contributed by atoms with E-state index in [2.05, 4.69) is 5.32 Å². The highest BCUT2D eigenvalue weighted by molar-refractivity contribution is 5.93. The van der Waals surface area contributed by atoms with Crippen LogP contribution in [0.25, 0.3) is 0 Å². The Labute approximate surface area is 133 Å². The molecule has 1 aliphatic rings. The molecule has 2 rings (SSSR count). The first-order valence-corrected chi connectivity index (χ1v) is 7.62. The van der Waals surface area contributed by atoms with Crippen molar-refractivity contribution in [1.29, 1.82) is 0 Å². The van der Waals surface area contributed by atoms with Gasteiger partial charge in [-0.25, -0.2) is 4.39 Å². The van der Waals surface area contributed by atoms with E-state index in [1.807, 2.05) is 4.90 Å². The summed E-state index contributed by atoms with van der Waals surface area (Å²) >= 11 is 0. The highest BCUT2D eigenvalue weighted by atomic mass is 19.1. The van der Waals surface area contributed by atoms with Crippen molar-refractivity contribution in [3.63, 3.8) is 0 Å². The van der Waals surface area contributed by atoms with Gasteiger partial charge in [0.2, 0.25) is 5.91 Å². The quantitative estimate of drug-likeness (QED) is 0.734. The zero-order chi connectivity index (χ0) is 16.8. The van der Waals surface area contributed by atoms with Crippen molar-refractivity contribution in [2.75, 3.05) is 25.0 Å². The number of aliphatic hydroxyl groups excluding tert-OH is 1. The van der Waals surface area contributed by atoms with Crippen LogP contribution >= 0.6 is 0 Å². The smallest absolute Gasteiger partial charge is 0.308 e. The van der Waals surface area contributed by atoms with Crippen LogP contribution in [0.3, 0.4) is 0 Å². The van der Waals surface area contributed by atoms with Gasteiger partial charge in [-0.3, -0.25) is 9.59 Å².